The Morgan fingerprint density at radius 1 is 1.33 bits per heavy atom. The lowest BCUT2D eigenvalue weighted by molar-refractivity contribution is -0.123. The van der Waals surface area contributed by atoms with Crippen LogP contribution in [0.15, 0.2) is 18.2 Å². The molecule has 114 valence electrons. The van der Waals surface area contributed by atoms with Gasteiger partial charge < -0.3 is 15.4 Å². The summed E-state index contributed by atoms with van der Waals surface area (Å²) in [4.78, 5) is 12.2. The van der Waals surface area contributed by atoms with Crippen molar-refractivity contribution in [2.45, 2.75) is 31.4 Å². The van der Waals surface area contributed by atoms with Crippen molar-refractivity contribution < 1.29 is 18.3 Å². The van der Waals surface area contributed by atoms with Gasteiger partial charge in [-0.15, -0.1) is 0 Å². The second-order valence-corrected chi connectivity index (χ2v) is 5.57. The zero-order valence-electron chi connectivity index (χ0n) is 11.6. The van der Waals surface area contributed by atoms with Crippen LogP contribution in [0.25, 0.3) is 0 Å². The Morgan fingerprint density at radius 2 is 2.19 bits per heavy atom. The molecule has 0 radical (unpaired) electrons. The Balaban J connectivity index is 1.64. The van der Waals surface area contributed by atoms with E-state index in [0.717, 1.165) is 19.0 Å². The van der Waals surface area contributed by atoms with Crippen LogP contribution in [0.3, 0.4) is 0 Å². The number of benzene rings is 1. The number of rotatable bonds is 2. The van der Waals surface area contributed by atoms with Gasteiger partial charge in [-0.2, -0.15) is 0 Å². The topological polar surface area (TPSA) is 50.4 Å². The Labute approximate surface area is 121 Å². The number of fused-ring (bicyclic) bond motifs is 1. The highest BCUT2D eigenvalue weighted by atomic mass is 19.2. The SMILES string of the molecule is O=C(Nc1cccc(F)c1F)[C@H]1CC[C@H]2OCCN[C@@H]2C1. The van der Waals surface area contributed by atoms with Crippen molar-refractivity contribution in [2.75, 3.05) is 18.5 Å². The molecule has 0 unspecified atom stereocenters. The maximum absolute atomic E-state index is 13.6. The summed E-state index contributed by atoms with van der Waals surface area (Å²) >= 11 is 0. The molecule has 0 aromatic heterocycles. The molecule has 4 nitrogen and oxygen atoms in total. The van der Waals surface area contributed by atoms with Crippen molar-refractivity contribution in [3.8, 4) is 0 Å². The Kier molecular flexibility index (Phi) is 4.17. The summed E-state index contributed by atoms with van der Waals surface area (Å²) in [5, 5.41) is 5.84. The maximum Gasteiger partial charge on any atom is 0.227 e. The van der Waals surface area contributed by atoms with E-state index >= 15 is 0 Å². The van der Waals surface area contributed by atoms with Crippen LogP contribution in [0.2, 0.25) is 0 Å². The zero-order chi connectivity index (χ0) is 14.8. The number of carbonyl (C=O) groups excluding carboxylic acids is 1. The molecule has 1 aromatic rings. The van der Waals surface area contributed by atoms with Crippen molar-refractivity contribution in [3.63, 3.8) is 0 Å². The molecule has 0 spiro atoms. The van der Waals surface area contributed by atoms with Crippen LogP contribution in [0.4, 0.5) is 14.5 Å². The molecular formula is C15H18F2N2O2. The van der Waals surface area contributed by atoms with Gasteiger partial charge in [0, 0.05) is 18.5 Å². The maximum atomic E-state index is 13.6. The van der Waals surface area contributed by atoms with Gasteiger partial charge in [0.25, 0.3) is 0 Å². The fourth-order valence-corrected chi connectivity index (χ4v) is 3.08. The minimum absolute atomic E-state index is 0.102. The Hall–Kier alpha value is -1.53. The van der Waals surface area contributed by atoms with Gasteiger partial charge in [0.1, 0.15) is 0 Å². The summed E-state index contributed by atoms with van der Waals surface area (Å²) in [6, 6.07) is 3.94. The number of amides is 1. The van der Waals surface area contributed by atoms with E-state index < -0.39 is 11.6 Å². The lowest BCUT2D eigenvalue weighted by atomic mass is 9.82. The third kappa shape index (κ3) is 3.06. The van der Waals surface area contributed by atoms with Gasteiger partial charge >= 0.3 is 0 Å². The lowest BCUT2D eigenvalue weighted by Gasteiger charge is -2.39. The van der Waals surface area contributed by atoms with Gasteiger partial charge in [0.05, 0.1) is 18.4 Å². The minimum Gasteiger partial charge on any atom is -0.375 e. The highest BCUT2D eigenvalue weighted by Gasteiger charge is 2.36. The first-order valence-electron chi connectivity index (χ1n) is 7.25. The van der Waals surface area contributed by atoms with E-state index in [2.05, 4.69) is 10.6 Å². The molecule has 2 fully saturated rings. The molecule has 2 aliphatic rings. The standard InChI is InChI=1S/C15H18F2N2O2/c16-10-2-1-3-11(14(10)17)19-15(20)9-4-5-13-12(8-9)18-6-7-21-13/h1-3,9,12-13,18H,4-8H2,(H,19,20)/t9-,12+,13+/m0/s1. The summed E-state index contributed by atoms with van der Waals surface area (Å²) in [5.74, 6) is -2.44. The molecule has 1 aliphatic carbocycles. The highest BCUT2D eigenvalue weighted by molar-refractivity contribution is 5.92. The third-order valence-electron chi connectivity index (χ3n) is 4.21. The summed E-state index contributed by atoms with van der Waals surface area (Å²) < 4.78 is 32.4. The van der Waals surface area contributed by atoms with Crippen LogP contribution >= 0.6 is 0 Å². The molecule has 3 atom stereocenters. The third-order valence-corrected chi connectivity index (χ3v) is 4.21. The van der Waals surface area contributed by atoms with Crippen LogP contribution in [0.5, 0.6) is 0 Å². The quantitative estimate of drug-likeness (QED) is 0.878. The van der Waals surface area contributed by atoms with Crippen molar-refractivity contribution in [1.82, 2.24) is 5.32 Å². The van der Waals surface area contributed by atoms with Gasteiger partial charge in [-0.05, 0) is 31.4 Å². The lowest BCUT2D eigenvalue weighted by Crippen LogP contribution is -2.52. The number of nitrogens with one attached hydrogen (secondary N) is 2. The van der Waals surface area contributed by atoms with E-state index in [1.807, 2.05) is 0 Å². The zero-order valence-corrected chi connectivity index (χ0v) is 11.6. The number of anilines is 1. The van der Waals surface area contributed by atoms with Crippen molar-refractivity contribution in [1.29, 1.82) is 0 Å². The molecule has 1 saturated heterocycles. The van der Waals surface area contributed by atoms with E-state index in [0.29, 0.717) is 19.4 Å². The number of ether oxygens (including phenoxy) is 1. The van der Waals surface area contributed by atoms with E-state index in [4.69, 9.17) is 4.74 Å². The number of halogens is 2. The first-order valence-corrected chi connectivity index (χ1v) is 7.25. The van der Waals surface area contributed by atoms with Crippen molar-refractivity contribution in [2.24, 2.45) is 5.92 Å². The monoisotopic (exact) mass is 296 g/mol. The van der Waals surface area contributed by atoms with Gasteiger partial charge in [0.15, 0.2) is 11.6 Å². The molecule has 3 rings (SSSR count). The van der Waals surface area contributed by atoms with Gasteiger partial charge in [-0.3, -0.25) is 4.79 Å². The molecule has 1 heterocycles. The molecule has 1 aliphatic heterocycles. The van der Waals surface area contributed by atoms with Gasteiger partial charge in [-0.25, -0.2) is 8.78 Å². The summed E-state index contributed by atoms with van der Waals surface area (Å²) in [6.07, 6.45) is 2.33. The normalized spacial score (nSPS) is 28.8. The van der Waals surface area contributed by atoms with Crippen LogP contribution in [0.1, 0.15) is 19.3 Å². The van der Waals surface area contributed by atoms with E-state index in [9.17, 15) is 13.6 Å². The van der Waals surface area contributed by atoms with E-state index in [-0.39, 0.29) is 29.7 Å². The predicted molar refractivity (Wildman–Crippen MR) is 73.9 cm³/mol. The fraction of sp³-hybridized carbons (Fsp3) is 0.533. The molecular weight excluding hydrogens is 278 g/mol. The Morgan fingerprint density at radius 3 is 3.05 bits per heavy atom. The second kappa shape index (κ2) is 6.07. The molecule has 2 N–H and O–H groups in total. The molecule has 21 heavy (non-hydrogen) atoms. The van der Waals surface area contributed by atoms with Crippen LogP contribution in [-0.4, -0.2) is 31.2 Å². The van der Waals surface area contributed by atoms with Gasteiger partial charge in [-0.1, -0.05) is 6.07 Å². The van der Waals surface area contributed by atoms with Crippen LogP contribution in [-0.2, 0) is 9.53 Å². The molecule has 1 saturated carbocycles. The number of hydrogen-bond donors (Lipinski definition) is 2. The first kappa shape index (κ1) is 14.4. The van der Waals surface area contributed by atoms with Crippen molar-refractivity contribution in [3.05, 3.63) is 29.8 Å². The van der Waals surface area contributed by atoms with E-state index in [1.165, 1.54) is 12.1 Å². The van der Waals surface area contributed by atoms with Gasteiger partial charge in [0.2, 0.25) is 5.91 Å². The summed E-state index contributed by atoms with van der Waals surface area (Å²) in [6.45, 7) is 1.49. The molecule has 1 aromatic carbocycles. The fourth-order valence-electron chi connectivity index (χ4n) is 3.08. The number of morpholine rings is 1. The molecule has 1 amide bonds. The minimum atomic E-state index is -1.02. The summed E-state index contributed by atoms with van der Waals surface area (Å²) in [5.41, 5.74) is -0.102. The van der Waals surface area contributed by atoms with Crippen molar-refractivity contribution >= 4 is 11.6 Å². The average Bonchev–Trinajstić information content (AvgIpc) is 2.51. The Bertz CT molecular complexity index is 538. The smallest absolute Gasteiger partial charge is 0.227 e. The summed E-state index contributed by atoms with van der Waals surface area (Å²) in [7, 11) is 0. The number of carbonyl (C=O) groups is 1. The number of hydrogen-bond acceptors (Lipinski definition) is 3. The predicted octanol–water partition coefficient (Wildman–Crippen LogP) is 2.06. The second-order valence-electron chi connectivity index (χ2n) is 5.57. The van der Waals surface area contributed by atoms with E-state index in [1.54, 1.807) is 0 Å². The van der Waals surface area contributed by atoms with Crippen LogP contribution in [0, 0.1) is 17.6 Å². The highest BCUT2D eigenvalue weighted by Crippen LogP contribution is 2.29. The average molecular weight is 296 g/mol. The molecule has 6 heteroatoms. The first-order chi connectivity index (χ1) is 10.1. The largest absolute Gasteiger partial charge is 0.375 e. The molecule has 0 bridgehead atoms. The van der Waals surface area contributed by atoms with Crippen LogP contribution < -0.4 is 10.6 Å².